The molecule has 2 heterocycles. The van der Waals surface area contributed by atoms with Crippen molar-refractivity contribution in [1.82, 2.24) is 4.98 Å². The average Bonchev–Trinajstić information content (AvgIpc) is 3.51. The second kappa shape index (κ2) is 15.2. The predicted molar refractivity (Wildman–Crippen MR) is 224 cm³/mol. The third kappa shape index (κ3) is 7.78. The fourth-order valence-electron chi connectivity index (χ4n) is 6.33. The maximum absolute atomic E-state index is 14.2. The first-order valence-corrected chi connectivity index (χ1v) is 19.2. The average molecular weight is 804 g/mol. The highest BCUT2D eigenvalue weighted by molar-refractivity contribution is 8.01. The number of thiazole rings is 1. The number of hydrogen-bond donors (Lipinski definition) is 1. The summed E-state index contributed by atoms with van der Waals surface area (Å²) < 4.78 is 1.30. The van der Waals surface area contributed by atoms with Crippen LogP contribution in [0.25, 0.3) is 16.3 Å². The molecule has 10 nitrogen and oxygen atoms in total. The van der Waals surface area contributed by atoms with Crippen LogP contribution in [0, 0.1) is 37.8 Å². The van der Waals surface area contributed by atoms with Gasteiger partial charge in [0.25, 0.3) is 23.4 Å². The molecule has 6 aromatic rings. The molecule has 1 N–H and O–H groups in total. The summed E-state index contributed by atoms with van der Waals surface area (Å²) in [5, 5.41) is 15.6. The molecule has 1 aromatic heterocycles. The van der Waals surface area contributed by atoms with Crippen molar-refractivity contribution in [3.63, 3.8) is 0 Å². The molecule has 0 atom stereocenters. The summed E-state index contributed by atoms with van der Waals surface area (Å²) >= 11 is 14.4. The first kappa shape index (κ1) is 37.6. The highest BCUT2D eigenvalue weighted by Gasteiger charge is 2.41. The minimum Gasteiger partial charge on any atom is -0.322 e. The summed E-state index contributed by atoms with van der Waals surface area (Å²) in [6, 6.07) is 27.8. The Morgan fingerprint density at radius 2 is 1.45 bits per heavy atom. The van der Waals surface area contributed by atoms with Crippen LogP contribution in [0.3, 0.4) is 0 Å². The number of nitro benzene ring substituents is 1. The zero-order valence-electron chi connectivity index (χ0n) is 29.7. The molecule has 5 aromatic carbocycles. The lowest BCUT2D eigenvalue weighted by Crippen LogP contribution is -2.57. The van der Waals surface area contributed by atoms with E-state index in [1.54, 1.807) is 54.6 Å². The monoisotopic (exact) mass is 803 g/mol. The Balaban J connectivity index is 1.21. The summed E-state index contributed by atoms with van der Waals surface area (Å²) in [6.07, 6.45) is 1.37. The first-order valence-electron chi connectivity index (χ1n) is 16.8. The molecule has 1 aliphatic rings. The van der Waals surface area contributed by atoms with Crippen LogP contribution in [0.1, 0.15) is 38.2 Å². The van der Waals surface area contributed by atoms with Crippen molar-refractivity contribution in [2.75, 3.05) is 15.1 Å². The number of thiocarbonyl (C=S) groups is 1. The van der Waals surface area contributed by atoms with Gasteiger partial charge in [-0.05, 0) is 134 Å². The van der Waals surface area contributed by atoms with Crippen LogP contribution in [-0.4, -0.2) is 32.7 Å². The van der Waals surface area contributed by atoms with Gasteiger partial charge in [-0.25, -0.2) is 4.98 Å². The minimum absolute atomic E-state index is 0.00538. The zero-order valence-corrected chi connectivity index (χ0v) is 33.0. The molecule has 14 heteroatoms. The Morgan fingerprint density at radius 1 is 0.855 bits per heavy atom. The van der Waals surface area contributed by atoms with Gasteiger partial charge in [-0.15, -0.1) is 11.3 Å². The summed E-state index contributed by atoms with van der Waals surface area (Å²) in [7, 11) is 0. The van der Waals surface area contributed by atoms with Gasteiger partial charge >= 0.3 is 0 Å². The number of aromatic nitrogens is 1. The number of carbonyl (C=O) groups excluding carboxylic acids is 3. The largest absolute Gasteiger partial charge is 0.322 e. The third-order valence-electron chi connectivity index (χ3n) is 8.61. The quantitative estimate of drug-likeness (QED) is 0.0530. The normalized spacial score (nSPS) is 13.1. The maximum Gasteiger partial charge on any atom is 0.283 e. The summed E-state index contributed by atoms with van der Waals surface area (Å²) in [5.74, 6) is -1.64. The Kier molecular flexibility index (Phi) is 10.4. The van der Waals surface area contributed by atoms with Crippen LogP contribution in [-0.2, 0) is 9.59 Å². The first-order chi connectivity index (χ1) is 26.2. The minimum atomic E-state index is -0.640. The van der Waals surface area contributed by atoms with Gasteiger partial charge < -0.3 is 5.32 Å². The number of halogens is 1. The van der Waals surface area contributed by atoms with E-state index >= 15 is 0 Å². The Hall–Kier alpha value is -5.73. The lowest BCUT2D eigenvalue weighted by atomic mass is 10.0. The topological polar surface area (TPSA) is 126 Å². The Morgan fingerprint density at radius 3 is 2.04 bits per heavy atom. The van der Waals surface area contributed by atoms with Gasteiger partial charge in [0.2, 0.25) is 0 Å². The van der Waals surface area contributed by atoms with Gasteiger partial charge in [-0.3, -0.25) is 34.3 Å². The van der Waals surface area contributed by atoms with E-state index in [0.717, 1.165) is 38.7 Å². The number of carbonyl (C=O) groups is 3. The summed E-state index contributed by atoms with van der Waals surface area (Å²) in [4.78, 5) is 60.8. The molecule has 0 radical (unpaired) electrons. The summed E-state index contributed by atoms with van der Waals surface area (Å²) in [5.41, 5.74) is 6.02. The van der Waals surface area contributed by atoms with Crippen LogP contribution in [0.5, 0.6) is 0 Å². The number of nitrogens with zero attached hydrogens (tertiary/aromatic N) is 4. The van der Waals surface area contributed by atoms with Crippen LogP contribution >= 0.6 is 46.9 Å². The van der Waals surface area contributed by atoms with E-state index in [1.807, 2.05) is 64.1 Å². The number of nitrogens with one attached hydrogen (secondary N) is 1. The number of anilines is 3. The molecule has 0 unspecified atom stereocenters. The lowest BCUT2D eigenvalue weighted by molar-refractivity contribution is -0.387. The predicted octanol–water partition coefficient (Wildman–Crippen LogP) is 10.2. The molecular weight excluding hydrogens is 774 g/mol. The van der Waals surface area contributed by atoms with Crippen molar-refractivity contribution in [3.05, 3.63) is 151 Å². The molecule has 1 aliphatic heterocycles. The zero-order chi connectivity index (χ0) is 39.1. The molecule has 55 heavy (non-hydrogen) atoms. The van der Waals surface area contributed by atoms with E-state index in [9.17, 15) is 24.5 Å². The second-order valence-corrected chi connectivity index (χ2v) is 16.1. The van der Waals surface area contributed by atoms with Gasteiger partial charge in [0.05, 0.1) is 42.0 Å². The number of benzene rings is 5. The van der Waals surface area contributed by atoms with E-state index in [0.29, 0.717) is 42.4 Å². The number of rotatable bonds is 8. The number of fused-ring (bicyclic) bond motifs is 1. The Labute approximate surface area is 334 Å². The standard InChI is InChI=1S/C41H30ClN5O5S3/c1-22-13-23(2)16-28(15-22)45-38(49)31(39(50)46(41(45)53)29-17-24(3)14-25(4)18-29)19-26-9-12-35(34(20-26)47(51)52)54-40-44-33-11-10-27(21-36(33)55-40)43-37(48)30-7-5-6-8-32(30)42/h5-21H,1-4H3,(H,43,48). The molecule has 274 valence electrons. The van der Waals surface area contributed by atoms with Crippen molar-refractivity contribution in [2.24, 2.45) is 0 Å². The lowest BCUT2D eigenvalue weighted by Gasteiger charge is -2.37. The second-order valence-electron chi connectivity index (χ2n) is 13.0. The van der Waals surface area contributed by atoms with Gasteiger partial charge in [-0.2, -0.15) is 0 Å². The highest BCUT2D eigenvalue weighted by atomic mass is 35.5. The molecule has 0 bridgehead atoms. The van der Waals surface area contributed by atoms with Crippen LogP contribution in [0.15, 0.2) is 112 Å². The Bertz CT molecular complexity index is 2540. The molecule has 1 fully saturated rings. The fraction of sp³-hybridized carbons (Fsp3) is 0.0976. The van der Waals surface area contributed by atoms with E-state index < -0.39 is 16.7 Å². The van der Waals surface area contributed by atoms with E-state index in [1.165, 1.54) is 33.3 Å². The molecular formula is C41H30ClN5O5S3. The molecule has 0 saturated carbocycles. The summed E-state index contributed by atoms with van der Waals surface area (Å²) in [6.45, 7) is 7.63. The molecule has 7 rings (SSSR count). The molecule has 3 amide bonds. The van der Waals surface area contributed by atoms with E-state index in [-0.39, 0.29) is 27.8 Å². The SMILES string of the molecule is Cc1cc(C)cc(N2C(=O)C(=Cc3ccc(Sc4nc5ccc(NC(=O)c6ccccc6Cl)cc5s4)c([N+](=O)[O-])c3)C(=O)N(c3cc(C)cc(C)c3)C2=S)c1. The van der Waals surface area contributed by atoms with Crippen molar-refractivity contribution in [1.29, 1.82) is 0 Å². The highest BCUT2D eigenvalue weighted by Crippen LogP contribution is 2.40. The van der Waals surface area contributed by atoms with Crippen LogP contribution in [0.2, 0.25) is 5.02 Å². The maximum atomic E-state index is 14.2. The number of amides is 3. The van der Waals surface area contributed by atoms with Crippen molar-refractivity contribution < 1.29 is 19.3 Å². The number of hydrogen-bond acceptors (Lipinski definition) is 9. The molecule has 0 spiro atoms. The van der Waals surface area contributed by atoms with Crippen molar-refractivity contribution in [3.8, 4) is 0 Å². The van der Waals surface area contributed by atoms with Gasteiger partial charge in [0, 0.05) is 11.8 Å². The van der Waals surface area contributed by atoms with Gasteiger partial charge in [0.15, 0.2) is 9.45 Å². The molecule has 0 aliphatic carbocycles. The number of nitro groups is 1. The third-order valence-corrected chi connectivity index (χ3v) is 11.5. The van der Waals surface area contributed by atoms with Gasteiger partial charge in [-0.1, -0.05) is 53.7 Å². The van der Waals surface area contributed by atoms with Crippen molar-refractivity contribution in [2.45, 2.75) is 36.9 Å². The van der Waals surface area contributed by atoms with Crippen LogP contribution < -0.4 is 15.1 Å². The van der Waals surface area contributed by atoms with Crippen molar-refractivity contribution >= 4 is 109 Å². The van der Waals surface area contributed by atoms with E-state index in [4.69, 9.17) is 23.8 Å². The number of aryl methyl sites for hydroxylation is 4. The van der Waals surface area contributed by atoms with E-state index in [2.05, 4.69) is 10.3 Å². The smallest absolute Gasteiger partial charge is 0.283 e. The van der Waals surface area contributed by atoms with Crippen LogP contribution in [0.4, 0.5) is 22.7 Å². The molecule has 1 saturated heterocycles. The van der Waals surface area contributed by atoms with Gasteiger partial charge in [0.1, 0.15) is 5.57 Å². The fourth-order valence-corrected chi connectivity index (χ4v) is 9.07.